The zero-order chi connectivity index (χ0) is 29.9. The van der Waals surface area contributed by atoms with Gasteiger partial charge in [-0.15, -0.1) is 11.3 Å². The highest BCUT2D eigenvalue weighted by Gasteiger charge is 2.38. The third kappa shape index (κ3) is 7.77. The maximum absolute atomic E-state index is 11.8. The SMILES string of the molecule is O=CNc1cc(CCNCCc2ccc(CNCCc3cnc(C(O)(c4ccccc4)c4ccccc4)o3)s2)ccc1O. The second-order valence-electron chi connectivity index (χ2n) is 10.2. The molecule has 2 heterocycles. The Morgan fingerprint density at radius 3 is 2.21 bits per heavy atom. The minimum Gasteiger partial charge on any atom is -0.506 e. The summed E-state index contributed by atoms with van der Waals surface area (Å²) in [6.07, 6.45) is 4.67. The van der Waals surface area contributed by atoms with E-state index in [4.69, 9.17) is 4.42 Å². The first-order valence-electron chi connectivity index (χ1n) is 14.4. The van der Waals surface area contributed by atoms with Gasteiger partial charge in [-0.1, -0.05) is 66.7 Å². The minimum atomic E-state index is -1.47. The van der Waals surface area contributed by atoms with Crippen molar-refractivity contribution in [3.05, 3.63) is 135 Å². The van der Waals surface area contributed by atoms with Gasteiger partial charge in [-0.25, -0.2) is 4.98 Å². The molecular formula is C34H36N4O4S. The molecule has 0 saturated carbocycles. The van der Waals surface area contributed by atoms with Crippen molar-refractivity contribution in [1.82, 2.24) is 15.6 Å². The van der Waals surface area contributed by atoms with Gasteiger partial charge in [0.1, 0.15) is 11.5 Å². The average Bonchev–Trinajstić information content (AvgIpc) is 3.71. The lowest BCUT2D eigenvalue weighted by Gasteiger charge is -2.26. The second-order valence-corrected chi connectivity index (χ2v) is 11.5. The van der Waals surface area contributed by atoms with Gasteiger partial charge >= 0.3 is 0 Å². The van der Waals surface area contributed by atoms with Crippen LogP contribution in [0.5, 0.6) is 5.75 Å². The van der Waals surface area contributed by atoms with Gasteiger partial charge in [-0.3, -0.25) is 4.79 Å². The van der Waals surface area contributed by atoms with Crippen molar-refractivity contribution in [2.75, 3.05) is 25.0 Å². The van der Waals surface area contributed by atoms with E-state index in [9.17, 15) is 15.0 Å². The molecule has 0 aliphatic carbocycles. The number of aromatic nitrogens is 1. The first-order valence-corrected chi connectivity index (χ1v) is 15.2. The molecule has 0 bridgehead atoms. The molecule has 0 fully saturated rings. The van der Waals surface area contributed by atoms with Gasteiger partial charge in [-0.05, 0) is 66.9 Å². The number of aromatic hydroxyl groups is 1. The van der Waals surface area contributed by atoms with Crippen molar-refractivity contribution in [2.24, 2.45) is 0 Å². The molecule has 5 N–H and O–H groups in total. The molecule has 0 aliphatic rings. The number of carbonyl (C=O) groups excluding carboxylic acids is 1. The summed E-state index contributed by atoms with van der Waals surface area (Å²) in [5, 5.41) is 31.1. The number of benzene rings is 3. The number of nitrogens with one attached hydrogen (secondary N) is 3. The summed E-state index contributed by atoms with van der Waals surface area (Å²) in [6.45, 7) is 3.18. The first kappa shape index (κ1) is 30.2. The molecular weight excluding hydrogens is 560 g/mol. The molecule has 3 aromatic carbocycles. The van der Waals surface area contributed by atoms with Crippen LogP contribution >= 0.6 is 11.3 Å². The quantitative estimate of drug-likeness (QED) is 0.0618. The van der Waals surface area contributed by atoms with Crippen molar-refractivity contribution in [3.8, 4) is 5.75 Å². The minimum absolute atomic E-state index is 0.0642. The van der Waals surface area contributed by atoms with Gasteiger partial charge in [0.2, 0.25) is 12.3 Å². The van der Waals surface area contributed by atoms with E-state index in [0.717, 1.165) is 44.6 Å². The van der Waals surface area contributed by atoms with Crippen LogP contribution in [0.2, 0.25) is 0 Å². The Kier molecular flexibility index (Phi) is 10.4. The average molecular weight is 597 g/mol. The molecule has 43 heavy (non-hydrogen) atoms. The highest BCUT2D eigenvalue weighted by Crippen LogP contribution is 2.36. The number of hydrogen-bond donors (Lipinski definition) is 5. The lowest BCUT2D eigenvalue weighted by molar-refractivity contribution is -0.105. The summed E-state index contributed by atoms with van der Waals surface area (Å²) in [6, 6.07) is 28.6. The Morgan fingerprint density at radius 2 is 1.49 bits per heavy atom. The molecule has 8 nitrogen and oxygen atoms in total. The predicted octanol–water partition coefficient (Wildman–Crippen LogP) is 5.00. The standard InChI is InChI=1S/C34H36N4O4S/c39-24-38-31-21-25(11-14-32(31)40)15-18-35-20-17-29-12-13-30(43-29)23-36-19-16-28-22-37-33(42-28)34(41,26-7-3-1-4-8-26)27-9-5-2-6-10-27/h1-14,21-22,24,35-36,40-41H,15-20,23H2,(H,38,39). The number of thiophene rings is 1. The number of oxazole rings is 1. The Morgan fingerprint density at radius 1 is 0.814 bits per heavy atom. The normalized spacial score (nSPS) is 11.5. The van der Waals surface area contributed by atoms with Gasteiger partial charge < -0.3 is 30.6 Å². The number of rotatable bonds is 16. The van der Waals surface area contributed by atoms with Crippen LogP contribution in [0.1, 0.15) is 38.1 Å². The zero-order valence-electron chi connectivity index (χ0n) is 23.8. The fourth-order valence-corrected chi connectivity index (χ4v) is 5.91. The molecule has 1 amide bonds. The Hall–Kier alpha value is -4.28. The lowest BCUT2D eigenvalue weighted by atomic mass is 9.86. The summed E-state index contributed by atoms with van der Waals surface area (Å²) in [7, 11) is 0. The number of nitrogens with zero attached hydrogens (tertiary/aromatic N) is 1. The molecule has 9 heteroatoms. The fraction of sp³-hybridized carbons (Fsp3) is 0.235. The molecule has 0 radical (unpaired) electrons. The number of amides is 1. The van der Waals surface area contributed by atoms with Crippen LogP contribution < -0.4 is 16.0 Å². The molecule has 222 valence electrons. The number of anilines is 1. The van der Waals surface area contributed by atoms with Crippen LogP contribution in [0.4, 0.5) is 5.69 Å². The van der Waals surface area contributed by atoms with Crippen LogP contribution in [0, 0.1) is 0 Å². The van der Waals surface area contributed by atoms with E-state index < -0.39 is 5.60 Å². The smallest absolute Gasteiger partial charge is 0.235 e. The highest BCUT2D eigenvalue weighted by molar-refractivity contribution is 7.11. The number of carbonyl (C=O) groups is 1. The lowest BCUT2D eigenvalue weighted by Crippen LogP contribution is -2.29. The van der Waals surface area contributed by atoms with Gasteiger partial charge in [0.05, 0.1) is 11.9 Å². The largest absolute Gasteiger partial charge is 0.506 e. The zero-order valence-corrected chi connectivity index (χ0v) is 24.6. The third-order valence-corrected chi connectivity index (χ3v) is 8.37. The maximum Gasteiger partial charge on any atom is 0.235 e. The van der Waals surface area contributed by atoms with Gasteiger partial charge in [0.15, 0.2) is 5.60 Å². The van der Waals surface area contributed by atoms with Crippen molar-refractivity contribution in [2.45, 2.75) is 31.4 Å². The van der Waals surface area contributed by atoms with Crippen LogP contribution in [0.3, 0.4) is 0 Å². The summed E-state index contributed by atoms with van der Waals surface area (Å²) in [5.41, 5.74) is 1.41. The topological polar surface area (TPSA) is 120 Å². The molecule has 0 spiro atoms. The molecule has 0 atom stereocenters. The number of aliphatic hydroxyl groups is 1. The number of hydrogen-bond acceptors (Lipinski definition) is 8. The van der Waals surface area contributed by atoms with Gasteiger partial charge in [0, 0.05) is 29.3 Å². The second kappa shape index (κ2) is 14.8. The van der Waals surface area contributed by atoms with Crippen LogP contribution in [-0.2, 0) is 36.2 Å². The van der Waals surface area contributed by atoms with Crippen molar-refractivity contribution in [3.63, 3.8) is 0 Å². The molecule has 0 aliphatic heterocycles. The van der Waals surface area contributed by atoms with E-state index in [1.54, 1.807) is 29.7 Å². The highest BCUT2D eigenvalue weighted by atomic mass is 32.1. The van der Waals surface area contributed by atoms with E-state index in [1.165, 1.54) is 9.75 Å². The molecule has 5 aromatic rings. The fourth-order valence-electron chi connectivity index (χ4n) is 4.92. The van der Waals surface area contributed by atoms with Crippen molar-refractivity contribution in [1.29, 1.82) is 0 Å². The third-order valence-electron chi connectivity index (χ3n) is 7.22. The van der Waals surface area contributed by atoms with E-state index in [0.29, 0.717) is 35.4 Å². The summed E-state index contributed by atoms with van der Waals surface area (Å²) < 4.78 is 6.09. The van der Waals surface area contributed by atoms with Gasteiger partial charge in [-0.2, -0.15) is 0 Å². The van der Waals surface area contributed by atoms with E-state index >= 15 is 0 Å². The van der Waals surface area contributed by atoms with E-state index in [-0.39, 0.29) is 11.6 Å². The molecule has 0 saturated heterocycles. The van der Waals surface area contributed by atoms with Crippen LogP contribution in [0.15, 0.2) is 102 Å². The summed E-state index contributed by atoms with van der Waals surface area (Å²) in [4.78, 5) is 17.7. The molecule has 0 unspecified atom stereocenters. The molecule has 2 aromatic heterocycles. The van der Waals surface area contributed by atoms with Crippen LogP contribution in [-0.4, -0.2) is 41.2 Å². The maximum atomic E-state index is 11.8. The number of phenols is 1. The van der Waals surface area contributed by atoms with Crippen molar-refractivity contribution < 1.29 is 19.4 Å². The Bertz CT molecular complexity index is 1550. The first-order chi connectivity index (χ1) is 21.1. The summed E-state index contributed by atoms with van der Waals surface area (Å²) >= 11 is 1.80. The molecule has 5 rings (SSSR count). The monoisotopic (exact) mass is 596 g/mol. The Balaban J connectivity index is 1.05. The Labute approximate surface area is 255 Å². The predicted molar refractivity (Wildman–Crippen MR) is 169 cm³/mol. The number of phenolic OH excluding ortho intramolecular Hbond substituents is 1. The van der Waals surface area contributed by atoms with Crippen molar-refractivity contribution >= 4 is 23.4 Å². The van der Waals surface area contributed by atoms with E-state index in [2.05, 4.69) is 33.1 Å². The van der Waals surface area contributed by atoms with Gasteiger partial charge in [0.25, 0.3) is 0 Å². The van der Waals surface area contributed by atoms with E-state index in [1.807, 2.05) is 66.7 Å². The summed E-state index contributed by atoms with van der Waals surface area (Å²) in [5.74, 6) is 1.04. The van der Waals surface area contributed by atoms with Crippen LogP contribution in [0.25, 0.3) is 0 Å².